The number of aromatic nitrogens is 1. The highest BCUT2D eigenvalue weighted by molar-refractivity contribution is 7.26. The van der Waals surface area contributed by atoms with E-state index in [9.17, 15) is 5.11 Å². The summed E-state index contributed by atoms with van der Waals surface area (Å²) in [6, 6.07) is 6.07. The van der Waals surface area contributed by atoms with Crippen molar-refractivity contribution in [3.63, 3.8) is 0 Å². The highest BCUT2D eigenvalue weighted by Crippen LogP contribution is 2.35. The molecule has 0 saturated carbocycles. The van der Waals surface area contributed by atoms with E-state index >= 15 is 0 Å². The Balaban J connectivity index is 2.03. The lowest BCUT2D eigenvalue weighted by Crippen LogP contribution is -1.93. The predicted molar refractivity (Wildman–Crippen MR) is 64.6 cm³/mol. The van der Waals surface area contributed by atoms with Gasteiger partial charge in [0.05, 0.1) is 0 Å². The van der Waals surface area contributed by atoms with Gasteiger partial charge >= 0.3 is 0 Å². The molecule has 0 saturated heterocycles. The first kappa shape index (κ1) is 9.15. The lowest BCUT2D eigenvalue weighted by molar-refractivity contribution is 0.224. The molecule has 76 valence electrons. The first-order chi connectivity index (χ1) is 7.34. The molecule has 2 nitrogen and oxygen atoms in total. The summed E-state index contributed by atoms with van der Waals surface area (Å²) in [5, 5.41) is 12.2. The Hall–Kier alpha value is -1.10. The van der Waals surface area contributed by atoms with Crippen LogP contribution in [-0.4, -0.2) is 10.1 Å². The number of aliphatic hydroxyl groups excluding tert-OH is 1. The molecule has 0 bridgehead atoms. The van der Waals surface area contributed by atoms with Crippen LogP contribution in [0.3, 0.4) is 0 Å². The fourth-order valence-electron chi connectivity index (χ4n) is 1.59. The standard InChI is InChI=1S/C11H9NOS2/c13-11(7-1-3-12-6-7)10-5-9-8(15-10)2-4-14-9/h1-6,11-13H. The first-order valence-corrected chi connectivity index (χ1v) is 6.32. The number of hydrogen-bond acceptors (Lipinski definition) is 3. The Kier molecular flexibility index (Phi) is 2.12. The summed E-state index contributed by atoms with van der Waals surface area (Å²) in [6.07, 6.45) is 3.16. The van der Waals surface area contributed by atoms with Gasteiger partial charge in [-0.05, 0) is 23.6 Å². The zero-order valence-corrected chi connectivity index (χ0v) is 9.44. The summed E-state index contributed by atoms with van der Waals surface area (Å²) in [4.78, 5) is 3.97. The fraction of sp³-hybridized carbons (Fsp3) is 0.0909. The molecule has 3 aromatic heterocycles. The smallest absolute Gasteiger partial charge is 0.115 e. The molecule has 0 aliphatic heterocycles. The second-order valence-corrected chi connectivity index (χ2v) is 5.41. The minimum absolute atomic E-state index is 0.499. The molecule has 0 fully saturated rings. The van der Waals surface area contributed by atoms with Gasteiger partial charge in [-0.3, -0.25) is 0 Å². The molecule has 0 aliphatic carbocycles. The summed E-state index contributed by atoms with van der Waals surface area (Å²) < 4.78 is 2.51. The largest absolute Gasteiger partial charge is 0.383 e. The third-order valence-corrected chi connectivity index (χ3v) is 4.51. The van der Waals surface area contributed by atoms with Crippen LogP contribution in [0.2, 0.25) is 0 Å². The summed E-state index contributed by atoms with van der Waals surface area (Å²) in [7, 11) is 0. The van der Waals surface area contributed by atoms with Crippen LogP contribution in [0.25, 0.3) is 9.40 Å². The van der Waals surface area contributed by atoms with Crippen molar-refractivity contribution in [3.05, 3.63) is 46.4 Å². The third-order valence-electron chi connectivity index (χ3n) is 2.37. The molecule has 1 unspecified atom stereocenters. The van der Waals surface area contributed by atoms with E-state index in [0.717, 1.165) is 10.4 Å². The fourth-order valence-corrected chi connectivity index (χ4v) is 3.72. The number of H-pyrrole nitrogens is 1. The van der Waals surface area contributed by atoms with Crippen molar-refractivity contribution >= 4 is 32.1 Å². The number of aliphatic hydroxyl groups is 1. The monoisotopic (exact) mass is 235 g/mol. The van der Waals surface area contributed by atoms with Crippen molar-refractivity contribution in [1.29, 1.82) is 0 Å². The summed E-state index contributed by atoms with van der Waals surface area (Å²) in [6.45, 7) is 0. The lowest BCUT2D eigenvalue weighted by atomic mass is 10.2. The summed E-state index contributed by atoms with van der Waals surface area (Å²) in [5.74, 6) is 0. The van der Waals surface area contributed by atoms with Crippen molar-refractivity contribution < 1.29 is 5.11 Å². The maximum Gasteiger partial charge on any atom is 0.115 e. The average Bonchev–Trinajstić information content (AvgIpc) is 2.92. The Morgan fingerprint density at radius 2 is 2.20 bits per heavy atom. The molecule has 2 N–H and O–H groups in total. The Morgan fingerprint density at radius 3 is 2.93 bits per heavy atom. The van der Waals surface area contributed by atoms with Gasteiger partial charge in [0.2, 0.25) is 0 Å². The minimum Gasteiger partial charge on any atom is -0.383 e. The first-order valence-electron chi connectivity index (χ1n) is 4.62. The third kappa shape index (κ3) is 1.51. The molecular formula is C11H9NOS2. The quantitative estimate of drug-likeness (QED) is 0.702. The van der Waals surface area contributed by atoms with Gasteiger partial charge in [0.25, 0.3) is 0 Å². The van der Waals surface area contributed by atoms with Crippen LogP contribution in [0.5, 0.6) is 0 Å². The number of nitrogens with one attached hydrogen (secondary N) is 1. The van der Waals surface area contributed by atoms with Gasteiger partial charge in [-0.1, -0.05) is 0 Å². The van der Waals surface area contributed by atoms with E-state index in [1.807, 2.05) is 18.5 Å². The molecule has 0 amide bonds. The summed E-state index contributed by atoms with van der Waals surface area (Å²) >= 11 is 3.37. The van der Waals surface area contributed by atoms with Crippen molar-refractivity contribution in [3.8, 4) is 0 Å². The molecular weight excluding hydrogens is 226 g/mol. The lowest BCUT2D eigenvalue weighted by Gasteiger charge is -2.04. The Bertz CT molecular complexity index is 536. The Labute approximate surface area is 94.8 Å². The van der Waals surface area contributed by atoms with Crippen molar-refractivity contribution in [2.45, 2.75) is 6.10 Å². The van der Waals surface area contributed by atoms with E-state index in [4.69, 9.17) is 0 Å². The van der Waals surface area contributed by atoms with Gasteiger partial charge < -0.3 is 10.1 Å². The van der Waals surface area contributed by atoms with E-state index < -0.39 is 6.10 Å². The zero-order valence-electron chi connectivity index (χ0n) is 7.81. The van der Waals surface area contributed by atoms with Crippen molar-refractivity contribution in [2.24, 2.45) is 0 Å². The summed E-state index contributed by atoms with van der Waals surface area (Å²) in [5.41, 5.74) is 0.920. The molecule has 0 spiro atoms. The van der Waals surface area contributed by atoms with Gasteiger partial charge in [0.1, 0.15) is 6.10 Å². The maximum atomic E-state index is 10.1. The highest BCUT2D eigenvalue weighted by Gasteiger charge is 2.14. The van der Waals surface area contributed by atoms with Crippen LogP contribution in [0.15, 0.2) is 36.0 Å². The van der Waals surface area contributed by atoms with E-state index in [0.29, 0.717) is 0 Å². The molecule has 3 rings (SSSR count). The molecule has 3 heterocycles. The van der Waals surface area contributed by atoms with E-state index in [2.05, 4.69) is 22.5 Å². The van der Waals surface area contributed by atoms with E-state index in [-0.39, 0.29) is 0 Å². The second kappa shape index (κ2) is 3.48. The Morgan fingerprint density at radius 1 is 1.27 bits per heavy atom. The second-order valence-electron chi connectivity index (χ2n) is 3.34. The van der Waals surface area contributed by atoms with Gasteiger partial charge in [0, 0.05) is 32.2 Å². The molecule has 0 aromatic carbocycles. The molecule has 15 heavy (non-hydrogen) atoms. The van der Waals surface area contributed by atoms with E-state index in [1.54, 1.807) is 22.7 Å². The zero-order chi connectivity index (χ0) is 10.3. The number of hydrogen-bond donors (Lipinski definition) is 2. The van der Waals surface area contributed by atoms with Gasteiger partial charge in [0.15, 0.2) is 0 Å². The van der Waals surface area contributed by atoms with Crippen molar-refractivity contribution in [1.82, 2.24) is 4.98 Å². The number of rotatable bonds is 2. The molecule has 3 aromatic rings. The normalized spacial score (nSPS) is 13.4. The van der Waals surface area contributed by atoms with E-state index in [1.165, 1.54) is 9.40 Å². The maximum absolute atomic E-state index is 10.1. The topological polar surface area (TPSA) is 36.0 Å². The minimum atomic E-state index is -0.499. The number of thiophene rings is 2. The van der Waals surface area contributed by atoms with Crippen LogP contribution in [0, 0.1) is 0 Å². The molecule has 4 heteroatoms. The van der Waals surface area contributed by atoms with Crippen LogP contribution < -0.4 is 0 Å². The highest BCUT2D eigenvalue weighted by atomic mass is 32.1. The molecule has 1 atom stereocenters. The van der Waals surface area contributed by atoms with Crippen LogP contribution in [0.1, 0.15) is 16.5 Å². The molecule has 0 aliphatic rings. The van der Waals surface area contributed by atoms with Crippen LogP contribution >= 0.6 is 22.7 Å². The van der Waals surface area contributed by atoms with Crippen LogP contribution in [0.4, 0.5) is 0 Å². The predicted octanol–water partition coefficient (Wildman–Crippen LogP) is 3.37. The van der Waals surface area contributed by atoms with Gasteiger partial charge in [-0.15, -0.1) is 22.7 Å². The number of aromatic amines is 1. The molecule has 0 radical (unpaired) electrons. The SMILES string of the molecule is OC(c1cc[nH]c1)c1cc2sccc2s1. The van der Waals surface area contributed by atoms with Crippen LogP contribution in [-0.2, 0) is 0 Å². The van der Waals surface area contributed by atoms with Gasteiger partial charge in [-0.25, -0.2) is 0 Å². The average molecular weight is 235 g/mol. The van der Waals surface area contributed by atoms with Crippen molar-refractivity contribution in [2.75, 3.05) is 0 Å². The van der Waals surface area contributed by atoms with Gasteiger partial charge in [-0.2, -0.15) is 0 Å². The number of fused-ring (bicyclic) bond motifs is 1.